The number of hydrogen-bond donors (Lipinski definition) is 1. The third-order valence-corrected chi connectivity index (χ3v) is 4.09. The molecule has 1 rings (SSSR count). The van der Waals surface area contributed by atoms with Crippen LogP contribution in [0.15, 0.2) is 24.1 Å². The Morgan fingerprint density at radius 1 is 1.53 bits per heavy atom. The summed E-state index contributed by atoms with van der Waals surface area (Å²) < 4.78 is 31.0. The molecule has 0 aliphatic rings. The molecule has 0 aliphatic heterocycles. The molecule has 0 saturated carbocycles. The summed E-state index contributed by atoms with van der Waals surface area (Å²) in [6.07, 6.45) is 4.77. The summed E-state index contributed by atoms with van der Waals surface area (Å²) in [5.41, 5.74) is 0. The molecule has 0 bridgehead atoms. The van der Waals surface area contributed by atoms with Crippen LogP contribution in [0.5, 0.6) is 0 Å². The second kappa shape index (κ2) is 8.03. The summed E-state index contributed by atoms with van der Waals surface area (Å²) >= 11 is 0. The molecule has 1 aromatic heterocycles. The highest BCUT2D eigenvalue weighted by atomic mass is 32.2. The van der Waals surface area contributed by atoms with Gasteiger partial charge in [-0.1, -0.05) is 19.4 Å². The standard InChI is InChI=1S/C11H20N4O3S/c1-3-5-8-18-9-7-15(6-4-2)19(16,17)11-12-10-13-14-11/h4,10H,2-3,5-9H2,1H3,(H,12,13,14). The Hall–Kier alpha value is -1.25. The van der Waals surface area contributed by atoms with Crippen molar-refractivity contribution in [2.75, 3.05) is 26.3 Å². The Kier molecular flexibility index (Phi) is 6.68. The van der Waals surface area contributed by atoms with E-state index in [4.69, 9.17) is 4.74 Å². The maximum atomic E-state index is 12.2. The Morgan fingerprint density at radius 3 is 2.89 bits per heavy atom. The Labute approximate surface area is 113 Å². The molecular weight excluding hydrogens is 268 g/mol. The van der Waals surface area contributed by atoms with E-state index in [9.17, 15) is 8.42 Å². The molecule has 0 spiro atoms. The molecule has 0 unspecified atom stereocenters. The van der Waals surface area contributed by atoms with E-state index in [-0.39, 0.29) is 18.2 Å². The summed E-state index contributed by atoms with van der Waals surface area (Å²) in [5.74, 6) is 0. The van der Waals surface area contributed by atoms with Crippen molar-refractivity contribution in [3.8, 4) is 0 Å². The van der Waals surface area contributed by atoms with Gasteiger partial charge in [-0.15, -0.1) is 11.7 Å². The van der Waals surface area contributed by atoms with Crippen LogP contribution in [0.3, 0.4) is 0 Å². The lowest BCUT2D eigenvalue weighted by molar-refractivity contribution is 0.121. The van der Waals surface area contributed by atoms with Crippen molar-refractivity contribution < 1.29 is 13.2 Å². The molecule has 0 atom stereocenters. The Morgan fingerprint density at radius 2 is 2.32 bits per heavy atom. The summed E-state index contributed by atoms with van der Waals surface area (Å²) in [4.78, 5) is 3.68. The molecule has 0 fully saturated rings. The minimum Gasteiger partial charge on any atom is -0.380 e. The third kappa shape index (κ3) is 4.73. The molecule has 1 aromatic rings. The van der Waals surface area contributed by atoms with Gasteiger partial charge in [-0.25, -0.2) is 13.4 Å². The summed E-state index contributed by atoms with van der Waals surface area (Å²) in [5, 5.41) is 5.77. The van der Waals surface area contributed by atoms with Crippen molar-refractivity contribution in [3.63, 3.8) is 0 Å². The first kappa shape index (κ1) is 15.8. The largest absolute Gasteiger partial charge is 0.380 e. The zero-order valence-corrected chi connectivity index (χ0v) is 11.9. The molecule has 19 heavy (non-hydrogen) atoms. The van der Waals surface area contributed by atoms with E-state index in [0.717, 1.165) is 12.8 Å². The van der Waals surface area contributed by atoms with Crippen molar-refractivity contribution in [2.24, 2.45) is 0 Å². The fraction of sp³-hybridized carbons (Fsp3) is 0.636. The molecular formula is C11H20N4O3S. The first-order chi connectivity index (χ1) is 9.12. The van der Waals surface area contributed by atoms with Crippen LogP contribution >= 0.6 is 0 Å². The molecule has 1 heterocycles. The second-order valence-electron chi connectivity index (χ2n) is 3.90. The number of H-pyrrole nitrogens is 1. The van der Waals surface area contributed by atoms with Gasteiger partial charge in [0.2, 0.25) is 0 Å². The van der Waals surface area contributed by atoms with Gasteiger partial charge in [-0.05, 0) is 6.42 Å². The highest BCUT2D eigenvalue weighted by Crippen LogP contribution is 2.09. The van der Waals surface area contributed by atoms with Crippen LogP contribution < -0.4 is 0 Å². The Bertz CT molecular complexity index is 458. The average molecular weight is 288 g/mol. The second-order valence-corrected chi connectivity index (χ2v) is 5.73. The van der Waals surface area contributed by atoms with E-state index in [0.29, 0.717) is 13.2 Å². The number of nitrogens with one attached hydrogen (secondary N) is 1. The molecule has 108 valence electrons. The minimum atomic E-state index is -3.68. The van der Waals surface area contributed by atoms with Gasteiger partial charge in [0.25, 0.3) is 15.2 Å². The lowest BCUT2D eigenvalue weighted by Crippen LogP contribution is -2.35. The van der Waals surface area contributed by atoms with Crippen molar-refractivity contribution in [3.05, 3.63) is 19.0 Å². The van der Waals surface area contributed by atoms with Crippen LogP contribution in [-0.2, 0) is 14.8 Å². The predicted octanol–water partition coefficient (Wildman–Crippen LogP) is 0.798. The van der Waals surface area contributed by atoms with Gasteiger partial charge in [-0.3, -0.25) is 5.10 Å². The summed E-state index contributed by atoms with van der Waals surface area (Å²) in [6.45, 7) is 7.07. The Balaban J connectivity index is 2.59. The fourth-order valence-corrected chi connectivity index (χ4v) is 2.61. The molecule has 1 N–H and O–H groups in total. The molecule has 0 radical (unpaired) electrons. The minimum absolute atomic E-state index is 0.202. The lowest BCUT2D eigenvalue weighted by atomic mass is 10.4. The van der Waals surface area contributed by atoms with Crippen molar-refractivity contribution >= 4 is 10.0 Å². The molecule has 0 amide bonds. The molecule has 0 saturated heterocycles. The van der Waals surface area contributed by atoms with Gasteiger partial charge in [0.05, 0.1) is 6.61 Å². The van der Waals surface area contributed by atoms with E-state index < -0.39 is 10.0 Å². The molecule has 7 nitrogen and oxygen atoms in total. The van der Waals surface area contributed by atoms with Gasteiger partial charge < -0.3 is 4.74 Å². The lowest BCUT2D eigenvalue weighted by Gasteiger charge is -2.18. The van der Waals surface area contributed by atoms with Crippen molar-refractivity contribution in [2.45, 2.75) is 24.9 Å². The maximum absolute atomic E-state index is 12.2. The SMILES string of the molecule is C=CCN(CCOCCCC)S(=O)(=O)c1nc[nH]n1. The number of sulfonamides is 1. The number of ether oxygens (including phenoxy) is 1. The van der Waals surface area contributed by atoms with Crippen LogP contribution in [0.25, 0.3) is 0 Å². The first-order valence-electron chi connectivity index (χ1n) is 6.17. The first-order valence-corrected chi connectivity index (χ1v) is 7.61. The molecule has 8 heteroatoms. The van der Waals surface area contributed by atoms with E-state index in [1.54, 1.807) is 0 Å². The number of nitrogens with zero attached hydrogens (tertiary/aromatic N) is 3. The fourth-order valence-electron chi connectivity index (χ4n) is 1.41. The number of hydrogen-bond acceptors (Lipinski definition) is 5. The normalized spacial score (nSPS) is 11.9. The summed E-state index contributed by atoms with van der Waals surface area (Å²) in [6, 6.07) is 0. The number of aromatic nitrogens is 3. The highest BCUT2D eigenvalue weighted by Gasteiger charge is 2.26. The van der Waals surface area contributed by atoms with Crippen LogP contribution in [0.2, 0.25) is 0 Å². The van der Waals surface area contributed by atoms with Gasteiger partial charge in [0.15, 0.2) is 0 Å². The highest BCUT2D eigenvalue weighted by molar-refractivity contribution is 7.88. The van der Waals surface area contributed by atoms with Gasteiger partial charge in [0, 0.05) is 19.7 Å². The van der Waals surface area contributed by atoms with E-state index >= 15 is 0 Å². The predicted molar refractivity (Wildman–Crippen MR) is 71.1 cm³/mol. The van der Waals surface area contributed by atoms with Crippen LogP contribution in [0.4, 0.5) is 0 Å². The third-order valence-electron chi connectivity index (χ3n) is 2.42. The smallest absolute Gasteiger partial charge is 0.282 e. The van der Waals surface area contributed by atoms with Crippen LogP contribution in [0.1, 0.15) is 19.8 Å². The zero-order chi connectivity index (χ0) is 14.1. The van der Waals surface area contributed by atoms with Crippen molar-refractivity contribution in [1.82, 2.24) is 19.5 Å². The van der Waals surface area contributed by atoms with E-state index in [1.165, 1.54) is 16.7 Å². The van der Waals surface area contributed by atoms with Crippen molar-refractivity contribution in [1.29, 1.82) is 0 Å². The maximum Gasteiger partial charge on any atom is 0.282 e. The summed E-state index contributed by atoms with van der Waals surface area (Å²) in [7, 11) is -3.68. The monoisotopic (exact) mass is 288 g/mol. The van der Waals surface area contributed by atoms with Crippen LogP contribution in [-0.4, -0.2) is 54.2 Å². The number of unbranched alkanes of at least 4 members (excludes halogenated alkanes) is 1. The number of aromatic amines is 1. The van der Waals surface area contributed by atoms with E-state index in [2.05, 4.69) is 28.7 Å². The van der Waals surface area contributed by atoms with E-state index in [1.807, 2.05) is 0 Å². The molecule has 0 aromatic carbocycles. The van der Waals surface area contributed by atoms with Gasteiger partial charge in [-0.2, -0.15) is 4.31 Å². The number of rotatable bonds is 10. The van der Waals surface area contributed by atoms with Gasteiger partial charge >= 0.3 is 0 Å². The quantitative estimate of drug-likeness (QED) is 0.508. The van der Waals surface area contributed by atoms with Gasteiger partial charge in [0.1, 0.15) is 6.33 Å². The topological polar surface area (TPSA) is 88.2 Å². The zero-order valence-electron chi connectivity index (χ0n) is 11.1. The van der Waals surface area contributed by atoms with Crippen LogP contribution in [0, 0.1) is 0 Å². The average Bonchev–Trinajstić information content (AvgIpc) is 2.91. The molecule has 0 aliphatic carbocycles.